The predicted molar refractivity (Wildman–Crippen MR) is 78.9 cm³/mol. The van der Waals surface area contributed by atoms with E-state index in [0.717, 1.165) is 18.4 Å². The molecule has 1 aromatic heterocycles. The van der Waals surface area contributed by atoms with E-state index in [1.54, 1.807) is 0 Å². The summed E-state index contributed by atoms with van der Waals surface area (Å²) in [6.07, 6.45) is 3.40. The standard InChI is InChI=1S/C14H16N4OS/c1-8(20-14-16-13(15)17-18-14)12(19)11-6-5-9-3-2-4-10(9)7-11/h5-8H,2-4H2,1H3,(H3,15,16,17,18)/t8-/m1/s1. The second kappa shape index (κ2) is 5.28. The van der Waals surface area contributed by atoms with Gasteiger partial charge < -0.3 is 5.73 Å². The molecular weight excluding hydrogens is 272 g/mol. The summed E-state index contributed by atoms with van der Waals surface area (Å²) < 4.78 is 0. The summed E-state index contributed by atoms with van der Waals surface area (Å²) in [5, 5.41) is 6.78. The lowest BCUT2D eigenvalue weighted by Gasteiger charge is -2.09. The molecule has 0 bridgehead atoms. The number of carbonyl (C=O) groups is 1. The van der Waals surface area contributed by atoms with Crippen molar-refractivity contribution in [2.75, 3.05) is 5.73 Å². The summed E-state index contributed by atoms with van der Waals surface area (Å²) in [6, 6.07) is 6.04. The van der Waals surface area contributed by atoms with Crippen molar-refractivity contribution in [3.63, 3.8) is 0 Å². The number of nitrogens with two attached hydrogens (primary N) is 1. The van der Waals surface area contributed by atoms with Gasteiger partial charge in [0.15, 0.2) is 5.78 Å². The number of anilines is 1. The van der Waals surface area contributed by atoms with Crippen molar-refractivity contribution < 1.29 is 4.79 Å². The van der Waals surface area contributed by atoms with Crippen LogP contribution in [-0.4, -0.2) is 26.2 Å². The van der Waals surface area contributed by atoms with Crippen LogP contribution in [0.1, 0.15) is 34.8 Å². The van der Waals surface area contributed by atoms with Crippen LogP contribution in [-0.2, 0) is 12.8 Å². The zero-order valence-corrected chi connectivity index (χ0v) is 12.0. The van der Waals surface area contributed by atoms with Gasteiger partial charge in [0, 0.05) is 5.56 Å². The lowest BCUT2D eigenvalue weighted by molar-refractivity contribution is 0.0994. The SMILES string of the molecule is C[C@@H](Sc1n[nH]c(N)n1)C(=O)c1ccc2c(c1)CCC2. The molecule has 3 rings (SSSR count). The number of hydrogen-bond acceptors (Lipinski definition) is 5. The van der Waals surface area contributed by atoms with Gasteiger partial charge in [0.25, 0.3) is 0 Å². The van der Waals surface area contributed by atoms with E-state index in [4.69, 9.17) is 5.73 Å². The van der Waals surface area contributed by atoms with Gasteiger partial charge in [-0.05, 0) is 43.4 Å². The van der Waals surface area contributed by atoms with Crippen molar-refractivity contribution in [2.24, 2.45) is 0 Å². The zero-order chi connectivity index (χ0) is 14.1. The van der Waals surface area contributed by atoms with Gasteiger partial charge in [0.2, 0.25) is 11.1 Å². The number of aromatic amines is 1. The Kier molecular flexibility index (Phi) is 3.48. The van der Waals surface area contributed by atoms with Crippen LogP contribution in [0.25, 0.3) is 0 Å². The minimum absolute atomic E-state index is 0.105. The zero-order valence-electron chi connectivity index (χ0n) is 11.2. The maximum atomic E-state index is 12.4. The summed E-state index contributed by atoms with van der Waals surface area (Å²) in [7, 11) is 0. The first kappa shape index (κ1) is 13.2. The summed E-state index contributed by atoms with van der Waals surface area (Å²) >= 11 is 1.32. The average molecular weight is 288 g/mol. The Hall–Kier alpha value is -1.82. The van der Waals surface area contributed by atoms with Crippen LogP contribution < -0.4 is 5.73 Å². The smallest absolute Gasteiger partial charge is 0.216 e. The molecule has 104 valence electrons. The third-order valence-corrected chi connectivity index (χ3v) is 4.48. The van der Waals surface area contributed by atoms with Gasteiger partial charge in [-0.15, -0.1) is 5.10 Å². The van der Waals surface area contributed by atoms with E-state index in [9.17, 15) is 4.79 Å². The van der Waals surface area contributed by atoms with Crippen molar-refractivity contribution in [1.82, 2.24) is 15.2 Å². The Morgan fingerprint density at radius 3 is 2.95 bits per heavy atom. The first-order chi connectivity index (χ1) is 9.63. The fraction of sp³-hybridized carbons (Fsp3) is 0.357. The monoisotopic (exact) mass is 288 g/mol. The second-order valence-electron chi connectivity index (χ2n) is 4.96. The summed E-state index contributed by atoms with van der Waals surface area (Å²) in [5.41, 5.74) is 8.94. The number of carbonyl (C=O) groups excluding carboxylic acids is 1. The Bertz CT molecular complexity index is 652. The number of benzene rings is 1. The van der Waals surface area contributed by atoms with Crippen molar-refractivity contribution in [3.05, 3.63) is 34.9 Å². The maximum Gasteiger partial charge on any atom is 0.216 e. The number of nitrogens with zero attached hydrogens (tertiary/aromatic N) is 2. The number of nitrogens with one attached hydrogen (secondary N) is 1. The Balaban J connectivity index is 1.74. The quantitative estimate of drug-likeness (QED) is 0.665. The lowest BCUT2D eigenvalue weighted by Crippen LogP contribution is -2.14. The van der Waals surface area contributed by atoms with Gasteiger partial charge >= 0.3 is 0 Å². The lowest BCUT2D eigenvalue weighted by atomic mass is 10.0. The molecule has 2 aromatic rings. The summed E-state index contributed by atoms with van der Waals surface area (Å²) in [6.45, 7) is 1.87. The molecule has 6 heteroatoms. The van der Waals surface area contributed by atoms with Crippen LogP contribution in [0.3, 0.4) is 0 Å². The maximum absolute atomic E-state index is 12.4. The van der Waals surface area contributed by atoms with Gasteiger partial charge in [0.05, 0.1) is 5.25 Å². The van der Waals surface area contributed by atoms with Crippen molar-refractivity contribution in [3.8, 4) is 0 Å². The Labute approximate surface area is 121 Å². The molecule has 0 fully saturated rings. The van der Waals surface area contributed by atoms with E-state index >= 15 is 0 Å². The first-order valence-corrected chi connectivity index (χ1v) is 7.52. The number of H-pyrrole nitrogens is 1. The minimum Gasteiger partial charge on any atom is -0.368 e. The van der Waals surface area contributed by atoms with Crippen molar-refractivity contribution >= 4 is 23.5 Å². The fourth-order valence-electron chi connectivity index (χ4n) is 2.48. The van der Waals surface area contributed by atoms with E-state index < -0.39 is 0 Å². The molecular formula is C14H16N4OS. The number of fused-ring (bicyclic) bond motifs is 1. The largest absolute Gasteiger partial charge is 0.368 e. The topological polar surface area (TPSA) is 84.7 Å². The van der Waals surface area contributed by atoms with Gasteiger partial charge in [0.1, 0.15) is 0 Å². The van der Waals surface area contributed by atoms with Gasteiger partial charge in [-0.25, -0.2) is 5.10 Å². The van der Waals surface area contributed by atoms with Crippen LogP contribution in [0.2, 0.25) is 0 Å². The molecule has 1 aliphatic carbocycles. The Morgan fingerprint density at radius 2 is 2.20 bits per heavy atom. The number of ketones is 1. The molecule has 0 saturated carbocycles. The molecule has 0 amide bonds. The molecule has 0 aliphatic heterocycles. The van der Waals surface area contributed by atoms with Crippen LogP contribution >= 0.6 is 11.8 Å². The summed E-state index contributed by atoms with van der Waals surface area (Å²) in [5.74, 6) is 0.373. The van der Waals surface area contributed by atoms with Crippen LogP contribution in [0, 0.1) is 0 Å². The molecule has 5 nitrogen and oxygen atoms in total. The normalized spacial score (nSPS) is 15.1. The molecule has 0 radical (unpaired) electrons. The van der Waals surface area contributed by atoms with Crippen LogP contribution in [0.4, 0.5) is 5.95 Å². The number of Topliss-reactive ketones (excluding diaryl/α,β-unsaturated/α-hetero) is 1. The highest BCUT2D eigenvalue weighted by atomic mass is 32.2. The van der Waals surface area contributed by atoms with Crippen LogP contribution in [0.5, 0.6) is 0 Å². The van der Waals surface area contributed by atoms with E-state index in [0.29, 0.717) is 5.16 Å². The van der Waals surface area contributed by atoms with E-state index in [2.05, 4.69) is 21.2 Å². The Morgan fingerprint density at radius 1 is 1.40 bits per heavy atom. The van der Waals surface area contributed by atoms with E-state index in [-0.39, 0.29) is 17.0 Å². The molecule has 3 N–H and O–H groups in total. The van der Waals surface area contributed by atoms with Gasteiger partial charge in [-0.1, -0.05) is 23.9 Å². The highest BCUT2D eigenvalue weighted by molar-refractivity contribution is 8.00. The molecule has 1 atom stereocenters. The number of thioether (sulfide) groups is 1. The third-order valence-electron chi connectivity index (χ3n) is 3.52. The number of nitrogen functional groups attached to an aromatic ring is 1. The second-order valence-corrected chi connectivity index (χ2v) is 6.27. The number of rotatable bonds is 4. The van der Waals surface area contributed by atoms with Crippen molar-refractivity contribution in [2.45, 2.75) is 36.6 Å². The number of aryl methyl sites for hydroxylation is 2. The molecule has 0 spiro atoms. The molecule has 1 heterocycles. The van der Waals surface area contributed by atoms with Gasteiger partial charge in [-0.3, -0.25) is 4.79 Å². The molecule has 0 saturated heterocycles. The number of hydrogen-bond donors (Lipinski definition) is 2. The molecule has 0 unspecified atom stereocenters. The van der Waals surface area contributed by atoms with E-state index in [1.807, 2.05) is 19.1 Å². The highest BCUT2D eigenvalue weighted by Gasteiger charge is 2.20. The van der Waals surface area contributed by atoms with Crippen molar-refractivity contribution in [1.29, 1.82) is 0 Å². The summed E-state index contributed by atoms with van der Waals surface area (Å²) in [4.78, 5) is 16.4. The average Bonchev–Trinajstić information content (AvgIpc) is 3.05. The number of aromatic nitrogens is 3. The fourth-order valence-corrected chi connectivity index (χ4v) is 3.29. The molecule has 20 heavy (non-hydrogen) atoms. The highest BCUT2D eigenvalue weighted by Crippen LogP contribution is 2.26. The minimum atomic E-state index is -0.232. The van der Waals surface area contributed by atoms with E-state index in [1.165, 1.54) is 29.3 Å². The van der Waals surface area contributed by atoms with Crippen LogP contribution in [0.15, 0.2) is 23.4 Å². The first-order valence-electron chi connectivity index (χ1n) is 6.64. The molecule has 1 aliphatic rings. The third kappa shape index (κ3) is 2.56. The van der Waals surface area contributed by atoms with Gasteiger partial charge in [-0.2, -0.15) is 4.98 Å². The molecule has 1 aromatic carbocycles. The predicted octanol–water partition coefficient (Wildman–Crippen LogP) is 2.24.